The average Bonchev–Trinajstić information content (AvgIpc) is 3.16. The maximum Gasteiger partial charge on any atom is 0.253 e. The Hall–Kier alpha value is -3.03. The summed E-state index contributed by atoms with van der Waals surface area (Å²) in [5.74, 6) is -0.308. The Labute approximate surface area is 188 Å². The van der Waals surface area contributed by atoms with Gasteiger partial charge in [-0.1, -0.05) is 0 Å². The predicted molar refractivity (Wildman–Crippen MR) is 121 cm³/mol. The molecule has 1 aromatic heterocycles. The van der Waals surface area contributed by atoms with Crippen LogP contribution in [0.15, 0.2) is 18.2 Å². The van der Waals surface area contributed by atoms with Crippen molar-refractivity contribution in [3.05, 3.63) is 35.2 Å². The van der Waals surface area contributed by atoms with Gasteiger partial charge in [0.25, 0.3) is 5.91 Å². The van der Waals surface area contributed by atoms with Crippen molar-refractivity contribution in [2.45, 2.75) is 59.0 Å². The molecule has 2 aromatic rings. The highest BCUT2D eigenvalue weighted by Crippen LogP contribution is 2.22. The molecule has 3 amide bonds. The molecule has 0 aliphatic carbocycles. The topological polar surface area (TPSA) is 95.5 Å². The monoisotopic (exact) mass is 437 g/mol. The summed E-state index contributed by atoms with van der Waals surface area (Å²) in [6.07, 6.45) is 1.70. The first kappa shape index (κ1) is 22.2. The van der Waals surface area contributed by atoms with Crippen LogP contribution in [0.2, 0.25) is 0 Å². The first-order valence-corrected chi connectivity index (χ1v) is 11.4. The van der Waals surface area contributed by atoms with Crippen LogP contribution in [0.5, 0.6) is 0 Å². The molecule has 2 aliphatic rings. The van der Waals surface area contributed by atoms with Gasteiger partial charge in [-0.2, -0.15) is 0 Å². The van der Waals surface area contributed by atoms with Crippen LogP contribution in [0, 0.1) is 19.8 Å². The van der Waals surface area contributed by atoms with Gasteiger partial charge < -0.3 is 15.1 Å². The number of hydrogen-bond acceptors (Lipinski definition) is 5. The second-order valence-electron chi connectivity index (χ2n) is 9.21. The van der Waals surface area contributed by atoms with Crippen LogP contribution in [-0.2, 0) is 9.59 Å². The van der Waals surface area contributed by atoms with E-state index in [1.165, 1.54) is 0 Å². The summed E-state index contributed by atoms with van der Waals surface area (Å²) >= 11 is 0. The van der Waals surface area contributed by atoms with E-state index in [2.05, 4.69) is 15.3 Å². The highest BCUT2D eigenvalue weighted by molar-refractivity contribution is 5.97. The number of carbonyl (C=O) groups is 3. The molecule has 0 saturated carbocycles. The van der Waals surface area contributed by atoms with Gasteiger partial charge in [0.15, 0.2) is 0 Å². The molecule has 2 aliphatic heterocycles. The fourth-order valence-electron chi connectivity index (χ4n) is 4.50. The Bertz CT molecular complexity index is 1060. The van der Waals surface area contributed by atoms with E-state index in [1.807, 2.05) is 44.7 Å². The molecule has 1 aromatic carbocycles. The van der Waals surface area contributed by atoms with Crippen molar-refractivity contribution in [3.8, 4) is 0 Å². The Morgan fingerprint density at radius 2 is 1.72 bits per heavy atom. The minimum atomic E-state index is -0.282. The van der Waals surface area contributed by atoms with E-state index < -0.39 is 0 Å². The van der Waals surface area contributed by atoms with Gasteiger partial charge in [-0.15, -0.1) is 0 Å². The highest BCUT2D eigenvalue weighted by Gasteiger charge is 2.36. The summed E-state index contributed by atoms with van der Waals surface area (Å²) in [7, 11) is 0. The van der Waals surface area contributed by atoms with E-state index in [0.29, 0.717) is 38.0 Å². The SMILES string of the molecule is Cc1nc2ccc(C(=O)N3CCC(NC(=O)C4CC(=O)N(C(C)C)C4)CC3)cc2nc1C. The Balaban J connectivity index is 1.33. The summed E-state index contributed by atoms with van der Waals surface area (Å²) in [4.78, 5) is 50.4. The van der Waals surface area contributed by atoms with Crippen molar-refractivity contribution in [1.82, 2.24) is 25.1 Å². The molecule has 2 saturated heterocycles. The molecular formula is C24H31N5O3. The molecule has 0 spiro atoms. The lowest BCUT2D eigenvalue weighted by molar-refractivity contribution is -0.130. The van der Waals surface area contributed by atoms with E-state index in [-0.39, 0.29) is 42.1 Å². The normalized spacial score (nSPS) is 19.8. The van der Waals surface area contributed by atoms with Crippen LogP contribution >= 0.6 is 0 Å². The first-order valence-electron chi connectivity index (χ1n) is 11.4. The number of benzene rings is 1. The predicted octanol–water partition coefficient (Wildman–Crippen LogP) is 2.22. The van der Waals surface area contributed by atoms with Gasteiger partial charge in [-0.05, 0) is 58.7 Å². The Morgan fingerprint density at radius 1 is 1.06 bits per heavy atom. The van der Waals surface area contributed by atoms with Crippen molar-refractivity contribution in [1.29, 1.82) is 0 Å². The van der Waals surface area contributed by atoms with Crippen molar-refractivity contribution >= 4 is 28.8 Å². The zero-order valence-electron chi connectivity index (χ0n) is 19.2. The highest BCUT2D eigenvalue weighted by atomic mass is 16.2. The maximum absolute atomic E-state index is 13.0. The van der Waals surface area contributed by atoms with Crippen LogP contribution in [0.25, 0.3) is 11.0 Å². The average molecular weight is 438 g/mol. The third-order valence-corrected chi connectivity index (χ3v) is 6.60. The molecule has 4 rings (SSSR count). The van der Waals surface area contributed by atoms with Crippen molar-refractivity contribution < 1.29 is 14.4 Å². The van der Waals surface area contributed by atoms with Crippen molar-refractivity contribution in [3.63, 3.8) is 0 Å². The minimum Gasteiger partial charge on any atom is -0.353 e. The lowest BCUT2D eigenvalue weighted by Crippen LogP contribution is -2.48. The van der Waals surface area contributed by atoms with E-state index in [1.54, 1.807) is 11.0 Å². The number of likely N-dealkylation sites (tertiary alicyclic amines) is 2. The lowest BCUT2D eigenvalue weighted by atomic mass is 10.0. The summed E-state index contributed by atoms with van der Waals surface area (Å²) < 4.78 is 0. The zero-order valence-corrected chi connectivity index (χ0v) is 19.2. The van der Waals surface area contributed by atoms with Crippen LogP contribution in [0.4, 0.5) is 0 Å². The minimum absolute atomic E-state index is 0.0225. The number of nitrogens with one attached hydrogen (secondary N) is 1. The Kier molecular flexibility index (Phi) is 6.13. The number of fused-ring (bicyclic) bond motifs is 1. The fraction of sp³-hybridized carbons (Fsp3) is 0.542. The zero-order chi connectivity index (χ0) is 23.0. The second-order valence-corrected chi connectivity index (χ2v) is 9.21. The largest absolute Gasteiger partial charge is 0.353 e. The van der Waals surface area contributed by atoms with Gasteiger partial charge in [0.2, 0.25) is 11.8 Å². The standard InChI is InChI=1S/C24H31N5O3/c1-14(2)29-13-18(12-22(29)30)23(31)27-19-7-9-28(10-8-19)24(32)17-5-6-20-21(11-17)26-16(4)15(3)25-20/h5-6,11,14,18-19H,7-10,12-13H2,1-4H3,(H,27,31). The third kappa shape index (κ3) is 4.45. The molecule has 1 atom stereocenters. The molecule has 2 fully saturated rings. The number of aromatic nitrogens is 2. The van der Waals surface area contributed by atoms with E-state index in [4.69, 9.17) is 0 Å². The lowest BCUT2D eigenvalue weighted by Gasteiger charge is -2.33. The number of piperidine rings is 1. The Morgan fingerprint density at radius 3 is 2.34 bits per heavy atom. The maximum atomic E-state index is 13.0. The van der Waals surface area contributed by atoms with Gasteiger partial charge in [0.1, 0.15) is 0 Å². The molecule has 3 heterocycles. The smallest absolute Gasteiger partial charge is 0.253 e. The summed E-state index contributed by atoms with van der Waals surface area (Å²) in [6, 6.07) is 5.60. The number of rotatable bonds is 4. The van der Waals surface area contributed by atoms with Crippen LogP contribution in [0.1, 0.15) is 54.9 Å². The van der Waals surface area contributed by atoms with E-state index in [9.17, 15) is 14.4 Å². The summed E-state index contributed by atoms with van der Waals surface area (Å²) in [6.45, 7) is 9.43. The van der Waals surface area contributed by atoms with Crippen molar-refractivity contribution in [2.75, 3.05) is 19.6 Å². The second kappa shape index (κ2) is 8.84. The fourth-order valence-corrected chi connectivity index (χ4v) is 4.50. The summed E-state index contributed by atoms with van der Waals surface area (Å²) in [5, 5.41) is 3.10. The van der Waals surface area contributed by atoms with Crippen LogP contribution in [0.3, 0.4) is 0 Å². The van der Waals surface area contributed by atoms with Gasteiger partial charge in [-0.25, -0.2) is 9.97 Å². The van der Waals surface area contributed by atoms with E-state index in [0.717, 1.165) is 22.4 Å². The molecular weight excluding hydrogens is 406 g/mol. The number of nitrogens with zero attached hydrogens (tertiary/aromatic N) is 4. The number of hydrogen-bond donors (Lipinski definition) is 1. The van der Waals surface area contributed by atoms with Crippen LogP contribution in [-0.4, -0.2) is 69.2 Å². The number of carbonyl (C=O) groups excluding carboxylic acids is 3. The molecule has 0 radical (unpaired) electrons. The van der Waals surface area contributed by atoms with Crippen LogP contribution < -0.4 is 5.32 Å². The molecule has 1 N–H and O–H groups in total. The molecule has 1 unspecified atom stereocenters. The van der Waals surface area contributed by atoms with E-state index >= 15 is 0 Å². The third-order valence-electron chi connectivity index (χ3n) is 6.60. The molecule has 0 bridgehead atoms. The molecule has 170 valence electrons. The quantitative estimate of drug-likeness (QED) is 0.791. The number of aryl methyl sites for hydroxylation is 2. The number of amides is 3. The molecule has 8 nitrogen and oxygen atoms in total. The van der Waals surface area contributed by atoms with Crippen molar-refractivity contribution in [2.24, 2.45) is 5.92 Å². The molecule has 8 heteroatoms. The first-order chi connectivity index (χ1) is 15.2. The molecule has 32 heavy (non-hydrogen) atoms. The summed E-state index contributed by atoms with van der Waals surface area (Å²) in [5.41, 5.74) is 3.87. The van der Waals surface area contributed by atoms with Gasteiger partial charge in [0, 0.05) is 43.7 Å². The van der Waals surface area contributed by atoms with Gasteiger partial charge in [-0.3, -0.25) is 14.4 Å². The van der Waals surface area contributed by atoms with Gasteiger partial charge in [0.05, 0.1) is 28.3 Å². The van der Waals surface area contributed by atoms with Gasteiger partial charge >= 0.3 is 0 Å².